The summed E-state index contributed by atoms with van der Waals surface area (Å²) in [4.78, 5) is 20.9. The van der Waals surface area contributed by atoms with E-state index in [-0.39, 0.29) is 0 Å². The van der Waals surface area contributed by atoms with Crippen LogP contribution in [0.1, 0.15) is 19.3 Å². The van der Waals surface area contributed by atoms with Crippen molar-refractivity contribution in [2.24, 2.45) is 11.5 Å². The number of methoxy groups -OCH3 is 1. The third-order valence-electron chi connectivity index (χ3n) is 1.73. The zero-order chi connectivity index (χ0) is 10.3. The van der Waals surface area contributed by atoms with Crippen LogP contribution in [0.15, 0.2) is 0 Å². The molecule has 0 aliphatic heterocycles. The molecule has 2 atom stereocenters. The average Bonchev–Trinajstić information content (AvgIpc) is 2.15. The van der Waals surface area contributed by atoms with Gasteiger partial charge < -0.3 is 21.0 Å². The van der Waals surface area contributed by atoms with Crippen LogP contribution >= 0.6 is 0 Å². The highest BCUT2D eigenvalue weighted by Gasteiger charge is 2.13. The molecule has 0 radical (unpaired) electrons. The normalized spacial score (nSPS) is 14.7. The third kappa shape index (κ3) is 5.32. The summed E-state index contributed by atoms with van der Waals surface area (Å²) in [6.07, 6.45) is 2.38. The number of hydrogen-bond acceptors (Lipinski definition) is 5. The third-order valence-corrected chi connectivity index (χ3v) is 1.73. The average molecular weight is 188 g/mol. The van der Waals surface area contributed by atoms with Crippen LogP contribution in [0, 0.1) is 0 Å². The molecule has 13 heavy (non-hydrogen) atoms. The standard InChI is InChI=1S/C8H16N2O3/c1-13-8(12)7(10)4-2-3-6(9)5-11/h5-7H,2-4,9-10H2,1H3. The molecule has 76 valence electrons. The number of carbonyl (C=O) groups is 2. The van der Waals surface area contributed by atoms with Crippen molar-refractivity contribution in [3.05, 3.63) is 0 Å². The fraction of sp³-hybridized carbons (Fsp3) is 0.750. The maximum Gasteiger partial charge on any atom is 0.322 e. The minimum absolute atomic E-state index is 0.431. The molecule has 0 aliphatic carbocycles. The summed E-state index contributed by atoms with van der Waals surface area (Å²) in [7, 11) is 1.29. The molecule has 0 aromatic rings. The van der Waals surface area contributed by atoms with Crippen LogP contribution in [0.3, 0.4) is 0 Å². The monoisotopic (exact) mass is 188 g/mol. The van der Waals surface area contributed by atoms with Crippen molar-refractivity contribution in [3.63, 3.8) is 0 Å². The second-order valence-electron chi connectivity index (χ2n) is 2.86. The highest BCUT2D eigenvalue weighted by molar-refractivity contribution is 5.75. The Morgan fingerprint density at radius 2 is 2.08 bits per heavy atom. The SMILES string of the molecule is COC(=O)C(N)CCCC(N)C=O. The minimum Gasteiger partial charge on any atom is -0.468 e. The highest BCUT2D eigenvalue weighted by Crippen LogP contribution is 2.01. The molecule has 4 N–H and O–H groups in total. The van der Waals surface area contributed by atoms with Crippen LogP contribution in [-0.4, -0.2) is 31.4 Å². The molecule has 0 saturated heterocycles. The number of nitrogens with two attached hydrogens (primary N) is 2. The largest absolute Gasteiger partial charge is 0.468 e. The van der Waals surface area contributed by atoms with Crippen molar-refractivity contribution in [2.45, 2.75) is 31.3 Å². The maximum absolute atomic E-state index is 10.8. The van der Waals surface area contributed by atoms with Gasteiger partial charge in [0.1, 0.15) is 12.3 Å². The predicted octanol–water partition coefficient (Wildman–Crippen LogP) is -0.817. The van der Waals surface area contributed by atoms with Crippen LogP contribution in [0.25, 0.3) is 0 Å². The number of ether oxygens (including phenoxy) is 1. The second kappa shape index (κ2) is 6.56. The van der Waals surface area contributed by atoms with Crippen LogP contribution in [-0.2, 0) is 14.3 Å². The molecule has 0 aliphatic rings. The fourth-order valence-corrected chi connectivity index (χ4v) is 0.911. The van der Waals surface area contributed by atoms with Crippen LogP contribution in [0.5, 0.6) is 0 Å². The molecule has 0 aromatic carbocycles. The number of esters is 1. The molecule has 0 rings (SSSR count). The number of rotatable bonds is 6. The summed E-state index contributed by atoms with van der Waals surface area (Å²) >= 11 is 0. The molecule has 5 heteroatoms. The van der Waals surface area contributed by atoms with Crippen molar-refractivity contribution >= 4 is 12.3 Å². The van der Waals surface area contributed by atoms with Gasteiger partial charge in [0, 0.05) is 0 Å². The van der Waals surface area contributed by atoms with Gasteiger partial charge in [-0.2, -0.15) is 0 Å². The molecule has 0 saturated carbocycles. The zero-order valence-corrected chi connectivity index (χ0v) is 7.73. The lowest BCUT2D eigenvalue weighted by atomic mass is 10.1. The molecule has 5 nitrogen and oxygen atoms in total. The Hall–Kier alpha value is -0.940. The van der Waals surface area contributed by atoms with E-state index in [1.165, 1.54) is 7.11 Å². The van der Waals surface area contributed by atoms with Gasteiger partial charge in [0.05, 0.1) is 13.2 Å². The van der Waals surface area contributed by atoms with Crippen LogP contribution < -0.4 is 11.5 Å². The number of hydrogen-bond donors (Lipinski definition) is 2. The van der Waals surface area contributed by atoms with Gasteiger partial charge >= 0.3 is 5.97 Å². The molecule has 0 aromatic heterocycles. The molecule has 2 unspecified atom stereocenters. The van der Waals surface area contributed by atoms with E-state index in [9.17, 15) is 9.59 Å². The topological polar surface area (TPSA) is 95.4 Å². The molecular weight excluding hydrogens is 172 g/mol. The summed E-state index contributed by atoms with van der Waals surface area (Å²) in [5, 5.41) is 0. The second-order valence-corrected chi connectivity index (χ2v) is 2.86. The van der Waals surface area contributed by atoms with Gasteiger partial charge in [-0.15, -0.1) is 0 Å². The Labute approximate surface area is 77.4 Å². The Morgan fingerprint density at radius 3 is 2.54 bits per heavy atom. The van der Waals surface area contributed by atoms with E-state index in [0.29, 0.717) is 25.5 Å². The van der Waals surface area contributed by atoms with Gasteiger partial charge in [-0.25, -0.2) is 0 Å². The lowest BCUT2D eigenvalue weighted by Crippen LogP contribution is -2.32. The van der Waals surface area contributed by atoms with E-state index < -0.39 is 18.1 Å². The molecule has 0 fully saturated rings. The van der Waals surface area contributed by atoms with E-state index in [2.05, 4.69) is 4.74 Å². The Kier molecular flexibility index (Phi) is 6.09. The lowest BCUT2D eigenvalue weighted by Gasteiger charge is -2.09. The fourth-order valence-electron chi connectivity index (χ4n) is 0.911. The zero-order valence-electron chi connectivity index (χ0n) is 7.73. The van der Waals surface area contributed by atoms with Crippen molar-refractivity contribution in [1.29, 1.82) is 0 Å². The first-order valence-corrected chi connectivity index (χ1v) is 4.16. The van der Waals surface area contributed by atoms with Gasteiger partial charge in [-0.3, -0.25) is 4.79 Å². The molecule has 0 heterocycles. The molecular formula is C8H16N2O3. The van der Waals surface area contributed by atoms with E-state index in [1.54, 1.807) is 0 Å². The maximum atomic E-state index is 10.8. The number of aldehydes is 1. The Balaban J connectivity index is 3.52. The van der Waals surface area contributed by atoms with Crippen molar-refractivity contribution in [2.75, 3.05) is 7.11 Å². The smallest absolute Gasteiger partial charge is 0.322 e. The molecule has 0 spiro atoms. The molecule has 0 amide bonds. The van der Waals surface area contributed by atoms with E-state index in [0.717, 1.165) is 0 Å². The summed E-state index contributed by atoms with van der Waals surface area (Å²) in [5.41, 5.74) is 10.8. The Morgan fingerprint density at radius 1 is 1.46 bits per heavy atom. The highest BCUT2D eigenvalue weighted by atomic mass is 16.5. The summed E-state index contributed by atoms with van der Waals surface area (Å²) < 4.78 is 4.43. The van der Waals surface area contributed by atoms with Crippen LogP contribution in [0.4, 0.5) is 0 Å². The van der Waals surface area contributed by atoms with Gasteiger partial charge in [-0.1, -0.05) is 0 Å². The summed E-state index contributed by atoms with van der Waals surface area (Å²) in [6.45, 7) is 0. The van der Waals surface area contributed by atoms with Gasteiger partial charge in [-0.05, 0) is 19.3 Å². The Bertz CT molecular complexity index is 173. The van der Waals surface area contributed by atoms with E-state index in [1.807, 2.05) is 0 Å². The van der Waals surface area contributed by atoms with Gasteiger partial charge in [0.25, 0.3) is 0 Å². The number of carbonyl (C=O) groups excluding carboxylic acids is 2. The minimum atomic E-state index is -0.608. The van der Waals surface area contributed by atoms with Crippen molar-refractivity contribution in [3.8, 4) is 0 Å². The predicted molar refractivity (Wildman–Crippen MR) is 47.9 cm³/mol. The lowest BCUT2D eigenvalue weighted by molar-refractivity contribution is -0.142. The van der Waals surface area contributed by atoms with Crippen molar-refractivity contribution in [1.82, 2.24) is 0 Å². The van der Waals surface area contributed by atoms with E-state index in [4.69, 9.17) is 11.5 Å². The first-order chi connectivity index (χ1) is 6.11. The van der Waals surface area contributed by atoms with Gasteiger partial charge in [0.2, 0.25) is 0 Å². The van der Waals surface area contributed by atoms with Crippen molar-refractivity contribution < 1.29 is 14.3 Å². The first kappa shape index (κ1) is 12.1. The van der Waals surface area contributed by atoms with Crippen LogP contribution in [0.2, 0.25) is 0 Å². The quantitative estimate of drug-likeness (QED) is 0.419. The first-order valence-electron chi connectivity index (χ1n) is 4.16. The van der Waals surface area contributed by atoms with Gasteiger partial charge in [0.15, 0.2) is 0 Å². The van der Waals surface area contributed by atoms with E-state index >= 15 is 0 Å². The summed E-state index contributed by atoms with van der Waals surface area (Å²) in [6, 6.07) is -1.06. The molecule has 0 bridgehead atoms. The summed E-state index contributed by atoms with van der Waals surface area (Å²) in [5.74, 6) is -0.431.